The summed E-state index contributed by atoms with van der Waals surface area (Å²) in [5.74, 6) is 0. The van der Waals surface area contributed by atoms with Crippen molar-refractivity contribution in [3.8, 4) is 0 Å². The van der Waals surface area contributed by atoms with Gasteiger partial charge in [0.05, 0.1) is 11.2 Å². The molecule has 0 bridgehead atoms. The molecule has 0 amide bonds. The zero-order valence-corrected chi connectivity index (χ0v) is 11.8. The van der Waals surface area contributed by atoms with Crippen LogP contribution >= 0.6 is 11.6 Å². The Hall–Kier alpha value is -0.745. The Morgan fingerprint density at radius 2 is 1.83 bits per heavy atom. The second kappa shape index (κ2) is 5.09. The van der Waals surface area contributed by atoms with Crippen molar-refractivity contribution in [2.75, 3.05) is 5.73 Å². The van der Waals surface area contributed by atoms with Crippen LogP contribution in [0.5, 0.6) is 0 Å². The number of hydrogen-bond donors (Lipinski definition) is 3. The fourth-order valence-corrected chi connectivity index (χ4v) is 1.51. The number of nitrogens with two attached hydrogens (primary N) is 1. The first-order chi connectivity index (χ1) is 8.04. The van der Waals surface area contributed by atoms with Crippen LogP contribution in [-0.4, -0.2) is 28.5 Å². The summed E-state index contributed by atoms with van der Waals surface area (Å²) in [5.41, 5.74) is 4.47. The van der Waals surface area contributed by atoms with Gasteiger partial charge in [0.1, 0.15) is 0 Å². The molecular formula is C12H19BClNO3. The molecule has 0 unspecified atom stereocenters. The van der Waals surface area contributed by atoms with Gasteiger partial charge in [-0.25, -0.2) is 0 Å². The van der Waals surface area contributed by atoms with E-state index >= 15 is 0 Å². The average Bonchev–Trinajstić information content (AvgIpc) is 2.14. The number of halogens is 1. The van der Waals surface area contributed by atoms with Gasteiger partial charge in [-0.15, -0.1) is 0 Å². The molecule has 1 rings (SSSR count). The number of benzene rings is 1. The lowest BCUT2D eigenvalue weighted by Gasteiger charge is -2.38. The van der Waals surface area contributed by atoms with E-state index in [1.807, 2.05) is 0 Å². The van der Waals surface area contributed by atoms with Gasteiger partial charge in [0.2, 0.25) is 0 Å². The number of anilines is 1. The Bertz CT molecular complexity index is 432. The van der Waals surface area contributed by atoms with Gasteiger partial charge in [-0.2, -0.15) is 0 Å². The Morgan fingerprint density at radius 1 is 1.28 bits per heavy atom. The largest absolute Gasteiger partial charge is 0.493 e. The van der Waals surface area contributed by atoms with Crippen molar-refractivity contribution in [1.29, 1.82) is 0 Å². The third-order valence-electron chi connectivity index (χ3n) is 3.17. The zero-order chi connectivity index (χ0) is 14.1. The van der Waals surface area contributed by atoms with E-state index in [2.05, 4.69) is 0 Å². The maximum atomic E-state index is 10.0. The predicted molar refractivity (Wildman–Crippen MR) is 74.9 cm³/mol. The predicted octanol–water partition coefficient (Wildman–Crippen LogP) is 1.18. The molecular weight excluding hydrogens is 252 g/mol. The summed E-state index contributed by atoms with van der Waals surface area (Å²) in [5, 5.41) is 20.3. The SMILES string of the molecule is CC(C)(O)C(C)(C)OB(O)c1ccc(N)cc1Cl. The highest BCUT2D eigenvalue weighted by Gasteiger charge is 2.39. The Morgan fingerprint density at radius 3 is 2.28 bits per heavy atom. The Labute approximate surface area is 113 Å². The lowest BCUT2D eigenvalue weighted by Crippen LogP contribution is -2.53. The molecule has 100 valence electrons. The molecule has 1 aromatic carbocycles. The summed E-state index contributed by atoms with van der Waals surface area (Å²) in [6.45, 7) is 6.62. The number of rotatable bonds is 4. The molecule has 0 fully saturated rings. The number of aliphatic hydroxyl groups is 1. The molecule has 4 N–H and O–H groups in total. The van der Waals surface area contributed by atoms with Crippen molar-refractivity contribution in [3.05, 3.63) is 23.2 Å². The molecule has 0 aliphatic carbocycles. The molecule has 0 aromatic heterocycles. The minimum Gasteiger partial charge on any atom is -0.423 e. The van der Waals surface area contributed by atoms with Crippen LogP contribution in [0.1, 0.15) is 27.7 Å². The summed E-state index contributed by atoms with van der Waals surface area (Å²) in [7, 11) is -1.22. The van der Waals surface area contributed by atoms with Gasteiger partial charge in [0.25, 0.3) is 0 Å². The smallest absolute Gasteiger partial charge is 0.423 e. The van der Waals surface area contributed by atoms with Crippen LogP contribution in [0.4, 0.5) is 5.69 Å². The topological polar surface area (TPSA) is 75.7 Å². The van der Waals surface area contributed by atoms with E-state index in [0.717, 1.165) is 0 Å². The lowest BCUT2D eigenvalue weighted by atomic mass is 9.76. The maximum Gasteiger partial charge on any atom is 0.493 e. The molecule has 0 heterocycles. The molecule has 0 saturated carbocycles. The van der Waals surface area contributed by atoms with Crippen LogP contribution in [0.2, 0.25) is 5.02 Å². The van der Waals surface area contributed by atoms with E-state index in [9.17, 15) is 10.1 Å². The fourth-order valence-electron chi connectivity index (χ4n) is 1.23. The molecule has 0 spiro atoms. The molecule has 1 aromatic rings. The molecule has 0 aliphatic heterocycles. The molecule has 18 heavy (non-hydrogen) atoms. The fraction of sp³-hybridized carbons (Fsp3) is 0.500. The van der Waals surface area contributed by atoms with Gasteiger partial charge in [0.15, 0.2) is 0 Å². The normalized spacial score (nSPS) is 12.6. The molecule has 0 saturated heterocycles. The van der Waals surface area contributed by atoms with Crippen molar-refractivity contribution in [1.82, 2.24) is 0 Å². The second-order valence-corrected chi connectivity index (χ2v) is 5.73. The Balaban J connectivity index is 2.92. The van der Waals surface area contributed by atoms with Gasteiger partial charge in [-0.3, -0.25) is 0 Å². The first-order valence-corrected chi connectivity index (χ1v) is 6.05. The summed E-state index contributed by atoms with van der Waals surface area (Å²) in [6.07, 6.45) is 0. The van der Waals surface area contributed by atoms with E-state index < -0.39 is 18.3 Å². The summed E-state index contributed by atoms with van der Waals surface area (Å²) in [4.78, 5) is 0. The van der Waals surface area contributed by atoms with Crippen molar-refractivity contribution in [2.45, 2.75) is 38.9 Å². The van der Waals surface area contributed by atoms with Crippen molar-refractivity contribution in [2.24, 2.45) is 0 Å². The summed E-state index contributed by atoms with van der Waals surface area (Å²) in [6, 6.07) is 4.77. The molecule has 0 radical (unpaired) electrons. The number of nitrogen functional groups attached to an aromatic ring is 1. The molecule has 0 atom stereocenters. The van der Waals surface area contributed by atoms with Crippen LogP contribution in [0, 0.1) is 0 Å². The first kappa shape index (κ1) is 15.3. The van der Waals surface area contributed by atoms with Gasteiger partial charge in [0, 0.05) is 16.2 Å². The van der Waals surface area contributed by atoms with E-state index in [-0.39, 0.29) is 0 Å². The van der Waals surface area contributed by atoms with Gasteiger partial charge in [-0.1, -0.05) is 17.7 Å². The summed E-state index contributed by atoms with van der Waals surface area (Å²) >= 11 is 5.98. The Kier molecular flexibility index (Phi) is 4.33. The minimum atomic E-state index is -1.22. The van der Waals surface area contributed by atoms with Crippen molar-refractivity contribution >= 4 is 29.9 Å². The van der Waals surface area contributed by atoms with Crippen molar-refractivity contribution in [3.63, 3.8) is 0 Å². The van der Waals surface area contributed by atoms with Gasteiger partial charge in [-0.05, 0) is 39.8 Å². The van der Waals surface area contributed by atoms with Crippen LogP contribution in [-0.2, 0) is 4.65 Å². The third-order valence-corrected chi connectivity index (χ3v) is 3.50. The van der Waals surface area contributed by atoms with Gasteiger partial charge >= 0.3 is 7.12 Å². The highest BCUT2D eigenvalue weighted by molar-refractivity contribution is 6.64. The van der Waals surface area contributed by atoms with E-state index in [4.69, 9.17) is 22.0 Å². The first-order valence-electron chi connectivity index (χ1n) is 5.68. The summed E-state index contributed by atoms with van der Waals surface area (Å²) < 4.78 is 5.49. The minimum absolute atomic E-state index is 0.328. The van der Waals surface area contributed by atoms with Crippen LogP contribution in [0.25, 0.3) is 0 Å². The number of hydrogen-bond acceptors (Lipinski definition) is 4. The van der Waals surface area contributed by atoms with Crippen LogP contribution in [0.15, 0.2) is 18.2 Å². The third kappa shape index (κ3) is 3.39. The van der Waals surface area contributed by atoms with Crippen LogP contribution < -0.4 is 11.2 Å². The highest BCUT2D eigenvalue weighted by atomic mass is 35.5. The van der Waals surface area contributed by atoms with E-state index in [1.54, 1.807) is 45.9 Å². The average molecular weight is 272 g/mol. The second-order valence-electron chi connectivity index (χ2n) is 5.32. The van der Waals surface area contributed by atoms with E-state index in [1.165, 1.54) is 0 Å². The maximum absolute atomic E-state index is 10.0. The lowest BCUT2D eigenvalue weighted by molar-refractivity contribution is -0.0982. The monoisotopic (exact) mass is 271 g/mol. The van der Waals surface area contributed by atoms with Crippen molar-refractivity contribution < 1.29 is 14.8 Å². The zero-order valence-electron chi connectivity index (χ0n) is 11.1. The van der Waals surface area contributed by atoms with E-state index in [0.29, 0.717) is 16.2 Å². The standard InChI is InChI=1S/C12H19BClNO3/c1-11(2,16)12(3,4)18-13(17)9-6-5-8(15)7-10(9)14/h5-7,16-17H,15H2,1-4H3. The highest BCUT2D eigenvalue weighted by Crippen LogP contribution is 2.25. The molecule has 0 aliphatic rings. The quantitative estimate of drug-likeness (QED) is 0.568. The molecule has 4 nitrogen and oxygen atoms in total. The van der Waals surface area contributed by atoms with Gasteiger partial charge < -0.3 is 20.5 Å². The molecule has 6 heteroatoms. The van der Waals surface area contributed by atoms with Crippen LogP contribution in [0.3, 0.4) is 0 Å².